The van der Waals surface area contributed by atoms with E-state index in [1.54, 1.807) is 14.2 Å². The maximum absolute atomic E-state index is 12.4. The monoisotopic (exact) mass is 412 g/mol. The number of anilines is 1. The lowest BCUT2D eigenvalue weighted by molar-refractivity contribution is 0.0773. The number of aliphatic imine (C=N–C) groups is 1. The number of hydrogen-bond donors (Lipinski definition) is 2. The van der Waals surface area contributed by atoms with E-state index in [0.29, 0.717) is 49.3 Å². The molecule has 7 heteroatoms. The first-order chi connectivity index (χ1) is 14.6. The zero-order valence-electron chi connectivity index (χ0n) is 18.5. The molecule has 0 aromatic heterocycles. The van der Waals surface area contributed by atoms with E-state index in [0.717, 1.165) is 11.3 Å². The van der Waals surface area contributed by atoms with Crippen molar-refractivity contribution in [1.29, 1.82) is 0 Å². The minimum absolute atomic E-state index is 0.0570. The number of ether oxygens (including phenoxy) is 2. The van der Waals surface area contributed by atoms with Crippen LogP contribution in [0.1, 0.15) is 36.7 Å². The number of carbonyl (C=O) groups is 1. The van der Waals surface area contributed by atoms with Gasteiger partial charge in [-0.15, -0.1) is 0 Å². The number of nitrogens with zero attached hydrogens (tertiary/aromatic N) is 2. The smallest absolute Gasteiger partial charge is 0.253 e. The highest BCUT2D eigenvalue weighted by Gasteiger charge is 2.12. The summed E-state index contributed by atoms with van der Waals surface area (Å²) in [6.07, 6.45) is 0. The van der Waals surface area contributed by atoms with Gasteiger partial charge in [0, 0.05) is 44.0 Å². The van der Waals surface area contributed by atoms with Gasteiger partial charge in [-0.05, 0) is 50.6 Å². The molecule has 0 unspecified atom stereocenters. The molecule has 0 aliphatic rings. The van der Waals surface area contributed by atoms with Gasteiger partial charge in [0.2, 0.25) is 0 Å². The molecule has 0 saturated carbocycles. The molecule has 0 atom stereocenters. The molecule has 2 rings (SSSR count). The third kappa shape index (κ3) is 6.14. The molecule has 0 saturated heterocycles. The zero-order chi connectivity index (χ0) is 21.9. The van der Waals surface area contributed by atoms with E-state index in [1.807, 2.05) is 68.1 Å². The lowest BCUT2D eigenvalue weighted by Gasteiger charge is -2.18. The van der Waals surface area contributed by atoms with E-state index in [2.05, 4.69) is 15.6 Å². The summed E-state index contributed by atoms with van der Waals surface area (Å²) in [5, 5.41) is 6.53. The molecule has 0 fully saturated rings. The summed E-state index contributed by atoms with van der Waals surface area (Å²) in [5.41, 5.74) is 2.60. The van der Waals surface area contributed by atoms with Crippen LogP contribution in [0.4, 0.5) is 5.69 Å². The standard InChI is InChI=1S/C23H32N4O3/c1-6-27(7-2)22(28)18-11-9-17(10-12-18)16-25-23(24-4)26-19-13-14-20(29-5)21(15-19)30-8-3/h9-15H,6-8,16H2,1-5H3,(H2,24,25,26). The molecule has 0 spiro atoms. The van der Waals surface area contributed by atoms with Crippen LogP contribution in [-0.4, -0.2) is 50.6 Å². The van der Waals surface area contributed by atoms with E-state index in [-0.39, 0.29) is 5.91 Å². The van der Waals surface area contributed by atoms with Crippen molar-refractivity contribution in [1.82, 2.24) is 10.2 Å². The average Bonchev–Trinajstić information content (AvgIpc) is 2.78. The second kappa shape index (κ2) is 11.7. The van der Waals surface area contributed by atoms with Crippen LogP contribution in [0, 0.1) is 0 Å². The van der Waals surface area contributed by atoms with Gasteiger partial charge in [0.15, 0.2) is 17.5 Å². The molecule has 0 aliphatic heterocycles. The number of nitrogens with one attached hydrogen (secondary N) is 2. The van der Waals surface area contributed by atoms with Crippen LogP contribution in [-0.2, 0) is 6.54 Å². The zero-order valence-corrected chi connectivity index (χ0v) is 18.5. The SMILES string of the molecule is CCOc1cc(NC(=NC)NCc2ccc(C(=O)N(CC)CC)cc2)ccc1OC. The Bertz CT molecular complexity index is 846. The summed E-state index contributed by atoms with van der Waals surface area (Å²) in [5.74, 6) is 2.05. The lowest BCUT2D eigenvalue weighted by atomic mass is 10.1. The summed E-state index contributed by atoms with van der Waals surface area (Å²) in [6.45, 7) is 8.44. The van der Waals surface area contributed by atoms with Crippen molar-refractivity contribution >= 4 is 17.6 Å². The second-order valence-corrected chi connectivity index (χ2v) is 6.52. The highest BCUT2D eigenvalue weighted by molar-refractivity contribution is 5.94. The average molecular weight is 413 g/mol. The van der Waals surface area contributed by atoms with Gasteiger partial charge in [0.05, 0.1) is 13.7 Å². The Balaban J connectivity index is 1.99. The molecule has 162 valence electrons. The number of methoxy groups -OCH3 is 1. The van der Waals surface area contributed by atoms with Crippen molar-refractivity contribution in [2.45, 2.75) is 27.3 Å². The lowest BCUT2D eigenvalue weighted by Crippen LogP contribution is -2.31. The molecule has 2 aromatic carbocycles. The van der Waals surface area contributed by atoms with Crippen molar-refractivity contribution in [2.75, 3.05) is 39.2 Å². The van der Waals surface area contributed by atoms with Crippen LogP contribution < -0.4 is 20.1 Å². The predicted molar refractivity (Wildman–Crippen MR) is 122 cm³/mol. The minimum Gasteiger partial charge on any atom is -0.493 e. The van der Waals surface area contributed by atoms with Crippen LogP contribution >= 0.6 is 0 Å². The highest BCUT2D eigenvalue weighted by Crippen LogP contribution is 2.30. The van der Waals surface area contributed by atoms with Gasteiger partial charge in [-0.25, -0.2) is 0 Å². The molecule has 0 bridgehead atoms. The number of carbonyl (C=O) groups excluding carboxylic acids is 1. The van der Waals surface area contributed by atoms with E-state index in [1.165, 1.54) is 0 Å². The first-order valence-electron chi connectivity index (χ1n) is 10.2. The largest absolute Gasteiger partial charge is 0.493 e. The Labute approximate surface area is 179 Å². The van der Waals surface area contributed by atoms with Crippen LogP contribution in [0.15, 0.2) is 47.5 Å². The number of benzene rings is 2. The van der Waals surface area contributed by atoms with E-state index >= 15 is 0 Å². The fourth-order valence-electron chi connectivity index (χ4n) is 2.98. The maximum atomic E-state index is 12.4. The van der Waals surface area contributed by atoms with Crippen LogP contribution in [0.3, 0.4) is 0 Å². The summed E-state index contributed by atoms with van der Waals surface area (Å²) in [4.78, 5) is 18.5. The van der Waals surface area contributed by atoms with Crippen molar-refractivity contribution < 1.29 is 14.3 Å². The third-order valence-corrected chi connectivity index (χ3v) is 4.66. The van der Waals surface area contributed by atoms with E-state index in [9.17, 15) is 4.79 Å². The second-order valence-electron chi connectivity index (χ2n) is 6.52. The molecule has 0 aliphatic carbocycles. The summed E-state index contributed by atoms with van der Waals surface area (Å²) in [6, 6.07) is 13.3. The van der Waals surface area contributed by atoms with Gasteiger partial charge in [-0.3, -0.25) is 9.79 Å². The van der Waals surface area contributed by atoms with Crippen LogP contribution in [0.25, 0.3) is 0 Å². The molecule has 0 radical (unpaired) electrons. The fourth-order valence-corrected chi connectivity index (χ4v) is 2.98. The maximum Gasteiger partial charge on any atom is 0.253 e. The molecule has 2 aromatic rings. The van der Waals surface area contributed by atoms with Gasteiger partial charge >= 0.3 is 0 Å². The van der Waals surface area contributed by atoms with Crippen LogP contribution in [0.2, 0.25) is 0 Å². The molecule has 0 heterocycles. The minimum atomic E-state index is 0.0570. The Morgan fingerprint density at radius 1 is 1.03 bits per heavy atom. The van der Waals surface area contributed by atoms with Crippen molar-refractivity contribution in [3.63, 3.8) is 0 Å². The topological polar surface area (TPSA) is 75.2 Å². The summed E-state index contributed by atoms with van der Waals surface area (Å²) < 4.78 is 10.9. The summed E-state index contributed by atoms with van der Waals surface area (Å²) >= 11 is 0. The van der Waals surface area contributed by atoms with E-state index in [4.69, 9.17) is 9.47 Å². The van der Waals surface area contributed by atoms with Gasteiger partial charge in [-0.2, -0.15) is 0 Å². The number of amides is 1. The first-order valence-corrected chi connectivity index (χ1v) is 10.2. The van der Waals surface area contributed by atoms with Gasteiger partial charge in [-0.1, -0.05) is 12.1 Å². The van der Waals surface area contributed by atoms with Crippen molar-refractivity contribution in [3.8, 4) is 11.5 Å². The number of hydrogen-bond acceptors (Lipinski definition) is 4. The molecule has 1 amide bonds. The Morgan fingerprint density at radius 2 is 1.73 bits per heavy atom. The quantitative estimate of drug-likeness (QED) is 0.484. The van der Waals surface area contributed by atoms with Gasteiger partial charge in [0.25, 0.3) is 5.91 Å². The molecule has 2 N–H and O–H groups in total. The Hall–Kier alpha value is -3.22. The molecule has 30 heavy (non-hydrogen) atoms. The third-order valence-electron chi connectivity index (χ3n) is 4.66. The predicted octanol–water partition coefficient (Wildman–Crippen LogP) is 3.76. The number of guanidine groups is 1. The summed E-state index contributed by atoms with van der Waals surface area (Å²) in [7, 11) is 3.33. The number of rotatable bonds is 9. The van der Waals surface area contributed by atoms with Crippen molar-refractivity contribution in [3.05, 3.63) is 53.6 Å². The van der Waals surface area contributed by atoms with Crippen molar-refractivity contribution in [2.24, 2.45) is 4.99 Å². The molecular weight excluding hydrogens is 380 g/mol. The first kappa shape index (κ1) is 23.1. The van der Waals surface area contributed by atoms with Gasteiger partial charge < -0.3 is 25.0 Å². The van der Waals surface area contributed by atoms with E-state index < -0.39 is 0 Å². The normalized spacial score (nSPS) is 11.0. The Kier molecular flexibility index (Phi) is 9.00. The highest BCUT2D eigenvalue weighted by atomic mass is 16.5. The Morgan fingerprint density at radius 3 is 2.30 bits per heavy atom. The molecular formula is C23H32N4O3. The van der Waals surface area contributed by atoms with Crippen LogP contribution in [0.5, 0.6) is 11.5 Å². The molecule has 7 nitrogen and oxygen atoms in total. The fraction of sp³-hybridized carbons (Fsp3) is 0.391. The van der Waals surface area contributed by atoms with Gasteiger partial charge in [0.1, 0.15) is 0 Å².